The summed E-state index contributed by atoms with van der Waals surface area (Å²) in [5.41, 5.74) is -0.132. The number of para-hydroxylation sites is 1. The van der Waals surface area contributed by atoms with Crippen LogP contribution in [0.3, 0.4) is 0 Å². The Balaban J connectivity index is 1.27. The molecule has 0 radical (unpaired) electrons. The maximum atomic E-state index is 13.5. The van der Waals surface area contributed by atoms with Gasteiger partial charge in [-0.1, -0.05) is 12.5 Å². The molecule has 10 heteroatoms. The zero-order valence-electron chi connectivity index (χ0n) is 21.7. The van der Waals surface area contributed by atoms with Gasteiger partial charge in [0, 0.05) is 23.7 Å². The number of aromatic nitrogens is 1. The number of benzene rings is 2. The second-order valence-electron chi connectivity index (χ2n) is 10.3. The number of hydrogen-bond acceptors (Lipinski definition) is 6. The van der Waals surface area contributed by atoms with Crippen molar-refractivity contribution in [2.24, 2.45) is 0 Å². The molecule has 6 nitrogen and oxygen atoms in total. The highest BCUT2D eigenvalue weighted by atomic mass is 32.1. The van der Waals surface area contributed by atoms with E-state index in [-0.39, 0.29) is 35.7 Å². The quantitative estimate of drug-likeness (QED) is 0.370. The number of amides is 1. The van der Waals surface area contributed by atoms with Crippen LogP contribution in [0.1, 0.15) is 66.9 Å². The van der Waals surface area contributed by atoms with E-state index in [1.807, 2.05) is 13.8 Å². The van der Waals surface area contributed by atoms with Crippen LogP contribution < -0.4 is 14.8 Å². The number of methoxy groups -OCH3 is 1. The molecule has 1 aromatic heterocycles. The van der Waals surface area contributed by atoms with E-state index in [9.17, 15) is 18.0 Å². The van der Waals surface area contributed by atoms with Gasteiger partial charge < -0.3 is 14.8 Å². The third kappa shape index (κ3) is 5.61. The second-order valence-corrected chi connectivity index (χ2v) is 11.5. The normalized spacial score (nSPS) is 22.0. The Hall–Kier alpha value is -2.85. The molecule has 3 atom stereocenters. The van der Waals surface area contributed by atoms with Crippen LogP contribution in [0.15, 0.2) is 36.4 Å². The van der Waals surface area contributed by atoms with Gasteiger partial charge in [0.05, 0.1) is 35.5 Å². The van der Waals surface area contributed by atoms with Crippen molar-refractivity contribution < 1.29 is 27.4 Å². The van der Waals surface area contributed by atoms with Crippen molar-refractivity contribution in [1.29, 1.82) is 0 Å². The fourth-order valence-electron chi connectivity index (χ4n) is 5.73. The molecule has 3 heterocycles. The molecule has 2 aliphatic heterocycles. The minimum Gasteiger partial charge on any atom is -0.493 e. The first-order valence-electron chi connectivity index (χ1n) is 13.0. The van der Waals surface area contributed by atoms with Crippen LogP contribution >= 0.6 is 11.3 Å². The Labute approximate surface area is 224 Å². The Morgan fingerprint density at radius 3 is 2.55 bits per heavy atom. The lowest BCUT2D eigenvalue weighted by Crippen LogP contribution is -2.56. The molecule has 0 spiro atoms. The standard InChI is InChI=1S/C28H32F3N3O3S/c1-16(2)37-22-11-10-17(12-23(22)36-3)27(35)32-18-13-19-6-4-7-20(14-18)34(19)15-25-33-26-21(28(29,30)31)8-5-9-24(26)38-25/h5,8-12,16,18-20H,4,6-7,13-15H2,1-3H3,(H,32,35)/t18?,19-,20+. The summed E-state index contributed by atoms with van der Waals surface area (Å²) in [5, 5.41) is 3.91. The Morgan fingerprint density at radius 2 is 1.89 bits per heavy atom. The average Bonchev–Trinajstić information content (AvgIpc) is 3.26. The lowest BCUT2D eigenvalue weighted by Gasteiger charge is -2.48. The number of hydrogen-bond donors (Lipinski definition) is 1. The van der Waals surface area contributed by atoms with E-state index >= 15 is 0 Å². The molecule has 2 bridgehead atoms. The first-order valence-corrected chi connectivity index (χ1v) is 13.8. The fraction of sp³-hybridized carbons (Fsp3) is 0.500. The van der Waals surface area contributed by atoms with Gasteiger partial charge in [0.15, 0.2) is 11.5 Å². The van der Waals surface area contributed by atoms with Crippen LogP contribution in [0.5, 0.6) is 11.5 Å². The molecule has 2 aromatic carbocycles. The van der Waals surface area contributed by atoms with E-state index in [2.05, 4.69) is 15.2 Å². The minimum atomic E-state index is -4.43. The molecular formula is C28H32F3N3O3S. The highest BCUT2D eigenvalue weighted by molar-refractivity contribution is 7.18. The number of nitrogens with zero attached hydrogens (tertiary/aromatic N) is 2. The summed E-state index contributed by atoms with van der Waals surface area (Å²) in [6, 6.07) is 9.96. The van der Waals surface area contributed by atoms with Crippen LogP contribution in [-0.4, -0.2) is 47.1 Å². The predicted octanol–water partition coefficient (Wildman–Crippen LogP) is 6.43. The van der Waals surface area contributed by atoms with Crippen molar-refractivity contribution >= 4 is 27.5 Å². The summed E-state index contributed by atoms with van der Waals surface area (Å²) in [6.45, 7) is 4.39. The summed E-state index contributed by atoms with van der Waals surface area (Å²) < 4.78 is 52.1. The Kier molecular flexibility index (Phi) is 7.55. The predicted molar refractivity (Wildman–Crippen MR) is 141 cm³/mol. The van der Waals surface area contributed by atoms with Gasteiger partial charge in [0.25, 0.3) is 5.91 Å². The monoisotopic (exact) mass is 547 g/mol. The molecule has 5 rings (SSSR count). The number of piperidine rings is 2. The van der Waals surface area contributed by atoms with Gasteiger partial charge in [0.1, 0.15) is 5.01 Å². The van der Waals surface area contributed by atoms with Crippen LogP contribution in [0.4, 0.5) is 13.2 Å². The van der Waals surface area contributed by atoms with E-state index in [0.29, 0.717) is 33.3 Å². The molecule has 0 saturated carbocycles. The molecule has 2 aliphatic rings. The third-order valence-electron chi connectivity index (χ3n) is 7.34. The summed E-state index contributed by atoms with van der Waals surface area (Å²) in [6.07, 6.45) is 0.262. The van der Waals surface area contributed by atoms with Crippen molar-refractivity contribution in [3.63, 3.8) is 0 Å². The molecule has 1 amide bonds. The number of fused-ring (bicyclic) bond motifs is 3. The number of nitrogens with one attached hydrogen (secondary N) is 1. The summed E-state index contributed by atoms with van der Waals surface area (Å²) in [5.74, 6) is 0.961. The lowest BCUT2D eigenvalue weighted by atomic mass is 9.81. The molecule has 0 aliphatic carbocycles. The Bertz CT molecular complexity index is 1300. The molecule has 1 unspecified atom stereocenters. The summed E-state index contributed by atoms with van der Waals surface area (Å²) in [7, 11) is 1.55. The zero-order chi connectivity index (χ0) is 27.0. The van der Waals surface area contributed by atoms with E-state index in [1.165, 1.54) is 17.4 Å². The summed E-state index contributed by atoms with van der Waals surface area (Å²) >= 11 is 1.33. The number of halogens is 3. The van der Waals surface area contributed by atoms with Crippen molar-refractivity contribution in [3.8, 4) is 11.5 Å². The van der Waals surface area contributed by atoms with Crippen LogP contribution in [0, 0.1) is 0 Å². The Morgan fingerprint density at radius 1 is 1.16 bits per heavy atom. The van der Waals surface area contributed by atoms with E-state index in [0.717, 1.165) is 38.2 Å². The van der Waals surface area contributed by atoms with Gasteiger partial charge in [-0.05, 0) is 69.9 Å². The number of carbonyl (C=O) groups is 1. The van der Waals surface area contributed by atoms with Gasteiger partial charge in [0.2, 0.25) is 0 Å². The maximum absolute atomic E-state index is 13.5. The molecule has 204 valence electrons. The molecular weight excluding hydrogens is 515 g/mol. The fourth-order valence-corrected chi connectivity index (χ4v) is 6.73. The van der Waals surface area contributed by atoms with Crippen LogP contribution in [-0.2, 0) is 12.7 Å². The van der Waals surface area contributed by atoms with E-state index in [4.69, 9.17) is 9.47 Å². The van der Waals surface area contributed by atoms with Crippen molar-refractivity contribution in [2.75, 3.05) is 7.11 Å². The largest absolute Gasteiger partial charge is 0.493 e. The molecule has 1 N–H and O–H groups in total. The number of alkyl halides is 3. The molecule has 2 fully saturated rings. The van der Waals surface area contributed by atoms with Gasteiger partial charge in [-0.2, -0.15) is 13.2 Å². The maximum Gasteiger partial charge on any atom is 0.418 e. The topological polar surface area (TPSA) is 63.7 Å². The zero-order valence-corrected chi connectivity index (χ0v) is 22.5. The van der Waals surface area contributed by atoms with Gasteiger partial charge in [-0.15, -0.1) is 11.3 Å². The van der Waals surface area contributed by atoms with Crippen LogP contribution in [0.2, 0.25) is 0 Å². The highest BCUT2D eigenvalue weighted by Gasteiger charge is 2.39. The smallest absolute Gasteiger partial charge is 0.418 e. The molecule has 38 heavy (non-hydrogen) atoms. The number of rotatable bonds is 7. The first-order chi connectivity index (χ1) is 18.1. The second kappa shape index (κ2) is 10.7. The average molecular weight is 548 g/mol. The van der Waals surface area contributed by atoms with Crippen molar-refractivity contribution in [3.05, 3.63) is 52.5 Å². The van der Waals surface area contributed by atoms with Crippen molar-refractivity contribution in [2.45, 2.75) is 82.9 Å². The third-order valence-corrected chi connectivity index (χ3v) is 8.34. The van der Waals surface area contributed by atoms with Crippen molar-refractivity contribution in [1.82, 2.24) is 15.2 Å². The lowest BCUT2D eigenvalue weighted by molar-refractivity contribution is -0.136. The highest BCUT2D eigenvalue weighted by Crippen LogP contribution is 2.39. The van der Waals surface area contributed by atoms with Crippen LogP contribution in [0.25, 0.3) is 10.2 Å². The number of ether oxygens (including phenoxy) is 2. The minimum absolute atomic E-state index is 0.0115. The summed E-state index contributed by atoms with van der Waals surface area (Å²) in [4.78, 5) is 19.9. The number of thiazole rings is 1. The van der Waals surface area contributed by atoms with Gasteiger partial charge in [-0.3, -0.25) is 9.69 Å². The number of carbonyl (C=O) groups excluding carboxylic acids is 1. The SMILES string of the molecule is COc1cc(C(=O)NC2C[C@H]3CCC[C@@H](C2)N3Cc2nc3c(C(F)(F)F)cccc3s2)ccc1OC(C)C. The van der Waals surface area contributed by atoms with Gasteiger partial charge in [-0.25, -0.2) is 4.98 Å². The first kappa shape index (κ1) is 26.7. The van der Waals surface area contributed by atoms with E-state index < -0.39 is 11.7 Å². The molecule has 2 saturated heterocycles. The van der Waals surface area contributed by atoms with E-state index in [1.54, 1.807) is 31.4 Å². The van der Waals surface area contributed by atoms with Gasteiger partial charge >= 0.3 is 6.18 Å². The molecule has 3 aromatic rings.